The topological polar surface area (TPSA) is 78.4 Å². The maximum atomic E-state index is 11.6. The fourth-order valence-corrected chi connectivity index (χ4v) is 1.68. The number of carbonyl (C=O) groups is 2. The third-order valence-electron chi connectivity index (χ3n) is 2.42. The van der Waals surface area contributed by atoms with Crippen molar-refractivity contribution < 1.29 is 14.7 Å². The van der Waals surface area contributed by atoms with Crippen LogP contribution in [0.25, 0.3) is 0 Å². The van der Waals surface area contributed by atoms with Crippen molar-refractivity contribution in [2.75, 3.05) is 12.3 Å². The first kappa shape index (κ1) is 14.4. The predicted molar refractivity (Wildman–Crippen MR) is 71.7 cm³/mol. The Morgan fingerprint density at radius 1 is 1.39 bits per heavy atom. The first-order valence-electron chi connectivity index (χ1n) is 5.53. The Hall–Kier alpha value is -1.69. The molecule has 0 unspecified atom stereocenters. The lowest BCUT2D eigenvalue weighted by Crippen LogP contribution is -2.45. The van der Waals surface area contributed by atoms with E-state index in [4.69, 9.17) is 5.11 Å². The van der Waals surface area contributed by atoms with E-state index in [1.165, 1.54) is 0 Å². The van der Waals surface area contributed by atoms with E-state index in [0.29, 0.717) is 19.4 Å². The van der Waals surface area contributed by atoms with Gasteiger partial charge in [-0.25, -0.2) is 0 Å². The highest BCUT2D eigenvalue weighted by Gasteiger charge is 2.14. The van der Waals surface area contributed by atoms with Gasteiger partial charge in [0.1, 0.15) is 11.8 Å². The first-order chi connectivity index (χ1) is 8.67. The Bertz CT molecular complexity index is 395. The molecule has 3 N–H and O–H groups in total. The standard InChI is InChI=1S/C12H16N2O3S/c15-8-14-11(7-18)12(17)13-6-5-9-1-3-10(16)4-2-9/h1-4,8,11,16,18H,5-7H2,(H,13,17)(H,14,15)/t11-/m0/s1. The molecule has 0 fully saturated rings. The van der Waals surface area contributed by atoms with Crippen LogP contribution in [0.4, 0.5) is 0 Å². The van der Waals surface area contributed by atoms with Gasteiger partial charge in [0, 0.05) is 12.3 Å². The molecule has 0 radical (unpaired) electrons. The van der Waals surface area contributed by atoms with Crippen LogP contribution < -0.4 is 10.6 Å². The molecule has 0 spiro atoms. The monoisotopic (exact) mass is 268 g/mol. The molecule has 2 amide bonds. The largest absolute Gasteiger partial charge is 0.508 e. The molecule has 0 saturated heterocycles. The molecule has 1 atom stereocenters. The molecular weight excluding hydrogens is 252 g/mol. The lowest BCUT2D eigenvalue weighted by Gasteiger charge is -2.13. The zero-order valence-corrected chi connectivity index (χ0v) is 10.7. The fourth-order valence-electron chi connectivity index (χ4n) is 1.41. The molecule has 1 aromatic carbocycles. The molecule has 0 bridgehead atoms. The predicted octanol–water partition coefficient (Wildman–Crippen LogP) is 0.0953. The van der Waals surface area contributed by atoms with Gasteiger partial charge in [-0.05, 0) is 24.1 Å². The average molecular weight is 268 g/mol. The van der Waals surface area contributed by atoms with Crippen molar-refractivity contribution in [2.24, 2.45) is 0 Å². The summed E-state index contributed by atoms with van der Waals surface area (Å²) in [4.78, 5) is 21.8. The Morgan fingerprint density at radius 3 is 2.61 bits per heavy atom. The van der Waals surface area contributed by atoms with Crippen molar-refractivity contribution in [2.45, 2.75) is 12.5 Å². The molecule has 0 saturated carbocycles. The fraction of sp³-hybridized carbons (Fsp3) is 0.333. The van der Waals surface area contributed by atoms with Crippen LogP contribution in [0.2, 0.25) is 0 Å². The van der Waals surface area contributed by atoms with Gasteiger partial charge in [0.25, 0.3) is 0 Å². The number of rotatable bonds is 7. The van der Waals surface area contributed by atoms with E-state index in [-0.39, 0.29) is 17.4 Å². The highest BCUT2D eigenvalue weighted by atomic mass is 32.1. The minimum Gasteiger partial charge on any atom is -0.508 e. The van der Waals surface area contributed by atoms with Crippen LogP contribution in [0.3, 0.4) is 0 Å². The van der Waals surface area contributed by atoms with Crippen LogP contribution in [-0.2, 0) is 16.0 Å². The quantitative estimate of drug-likeness (QED) is 0.418. The summed E-state index contributed by atoms with van der Waals surface area (Å²) in [6.07, 6.45) is 1.15. The molecule has 6 heteroatoms. The van der Waals surface area contributed by atoms with Crippen LogP contribution in [-0.4, -0.2) is 35.8 Å². The highest BCUT2D eigenvalue weighted by Crippen LogP contribution is 2.09. The number of benzene rings is 1. The molecule has 18 heavy (non-hydrogen) atoms. The summed E-state index contributed by atoms with van der Waals surface area (Å²) in [5.74, 6) is 0.216. The SMILES string of the molecule is O=CN[C@@H](CS)C(=O)NCCc1ccc(O)cc1. The van der Waals surface area contributed by atoms with Gasteiger partial charge in [0.2, 0.25) is 12.3 Å². The van der Waals surface area contributed by atoms with Gasteiger partial charge >= 0.3 is 0 Å². The summed E-state index contributed by atoms with van der Waals surface area (Å²) in [7, 11) is 0. The van der Waals surface area contributed by atoms with E-state index in [2.05, 4.69) is 23.3 Å². The Morgan fingerprint density at radius 2 is 2.06 bits per heavy atom. The number of carbonyl (C=O) groups excluding carboxylic acids is 2. The number of aromatic hydroxyl groups is 1. The van der Waals surface area contributed by atoms with E-state index in [9.17, 15) is 9.59 Å². The summed E-state index contributed by atoms with van der Waals surface area (Å²) >= 11 is 3.98. The maximum absolute atomic E-state index is 11.6. The zero-order chi connectivity index (χ0) is 13.4. The summed E-state index contributed by atoms with van der Waals surface area (Å²) in [6.45, 7) is 0.467. The minimum absolute atomic E-state index is 0.216. The van der Waals surface area contributed by atoms with Gasteiger partial charge in [-0.2, -0.15) is 12.6 Å². The van der Waals surface area contributed by atoms with Gasteiger partial charge in [-0.1, -0.05) is 12.1 Å². The van der Waals surface area contributed by atoms with E-state index < -0.39 is 6.04 Å². The summed E-state index contributed by atoms with van der Waals surface area (Å²) in [6, 6.07) is 6.18. The lowest BCUT2D eigenvalue weighted by atomic mass is 10.1. The van der Waals surface area contributed by atoms with Crippen LogP contribution in [0.15, 0.2) is 24.3 Å². The van der Waals surface area contributed by atoms with E-state index in [1.807, 2.05) is 0 Å². The Kier molecular flexibility index (Phi) is 6.07. The van der Waals surface area contributed by atoms with Crippen LogP contribution in [0.5, 0.6) is 5.75 Å². The van der Waals surface area contributed by atoms with E-state index >= 15 is 0 Å². The molecule has 0 heterocycles. The number of phenols is 1. The molecule has 1 aromatic rings. The van der Waals surface area contributed by atoms with Crippen LogP contribution in [0, 0.1) is 0 Å². The smallest absolute Gasteiger partial charge is 0.243 e. The van der Waals surface area contributed by atoms with E-state index in [1.54, 1.807) is 24.3 Å². The Labute approximate surface area is 111 Å². The third kappa shape index (κ3) is 4.67. The van der Waals surface area contributed by atoms with Crippen molar-refractivity contribution in [1.82, 2.24) is 10.6 Å². The Balaban J connectivity index is 2.34. The van der Waals surface area contributed by atoms with Crippen LogP contribution >= 0.6 is 12.6 Å². The zero-order valence-electron chi connectivity index (χ0n) is 9.80. The molecule has 0 aliphatic carbocycles. The van der Waals surface area contributed by atoms with Gasteiger partial charge in [0.15, 0.2) is 0 Å². The van der Waals surface area contributed by atoms with Gasteiger partial charge in [0.05, 0.1) is 0 Å². The van der Waals surface area contributed by atoms with Crippen molar-refractivity contribution >= 4 is 24.9 Å². The number of hydrogen-bond donors (Lipinski definition) is 4. The number of hydrogen-bond acceptors (Lipinski definition) is 4. The lowest BCUT2D eigenvalue weighted by molar-refractivity contribution is -0.124. The molecule has 0 aliphatic rings. The van der Waals surface area contributed by atoms with E-state index in [0.717, 1.165) is 5.56 Å². The second-order valence-electron chi connectivity index (χ2n) is 3.73. The van der Waals surface area contributed by atoms with Crippen molar-refractivity contribution in [1.29, 1.82) is 0 Å². The van der Waals surface area contributed by atoms with Crippen LogP contribution in [0.1, 0.15) is 5.56 Å². The molecule has 98 valence electrons. The second kappa shape index (κ2) is 7.60. The first-order valence-corrected chi connectivity index (χ1v) is 6.16. The normalized spacial score (nSPS) is 11.6. The minimum atomic E-state index is -0.606. The summed E-state index contributed by atoms with van der Waals surface area (Å²) < 4.78 is 0. The van der Waals surface area contributed by atoms with Gasteiger partial charge in [-0.15, -0.1) is 0 Å². The molecule has 0 aromatic heterocycles. The number of nitrogens with one attached hydrogen (secondary N) is 2. The van der Waals surface area contributed by atoms with Gasteiger partial charge in [-0.3, -0.25) is 9.59 Å². The van der Waals surface area contributed by atoms with Crippen molar-refractivity contribution in [3.63, 3.8) is 0 Å². The third-order valence-corrected chi connectivity index (χ3v) is 2.78. The van der Waals surface area contributed by atoms with Gasteiger partial charge < -0.3 is 15.7 Å². The molecular formula is C12H16N2O3S. The highest BCUT2D eigenvalue weighted by molar-refractivity contribution is 7.80. The average Bonchev–Trinajstić information content (AvgIpc) is 2.38. The number of amides is 2. The van der Waals surface area contributed by atoms with Crippen molar-refractivity contribution in [3.8, 4) is 5.75 Å². The summed E-state index contributed by atoms with van der Waals surface area (Å²) in [5, 5.41) is 14.2. The summed E-state index contributed by atoms with van der Waals surface area (Å²) in [5.41, 5.74) is 1.01. The molecule has 5 nitrogen and oxygen atoms in total. The number of phenolic OH excluding ortho intramolecular Hbond substituents is 1. The maximum Gasteiger partial charge on any atom is 0.243 e. The van der Waals surface area contributed by atoms with Crippen molar-refractivity contribution in [3.05, 3.63) is 29.8 Å². The second-order valence-corrected chi connectivity index (χ2v) is 4.09. The molecule has 1 rings (SSSR count). The number of thiol groups is 1. The molecule has 0 aliphatic heterocycles.